The first kappa shape index (κ1) is 16.5. The van der Waals surface area contributed by atoms with Crippen LogP contribution < -0.4 is 4.74 Å². The van der Waals surface area contributed by atoms with Crippen molar-refractivity contribution in [1.29, 1.82) is 0 Å². The smallest absolute Gasteiger partial charge is 0.339 e. The highest BCUT2D eigenvalue weighted by molar-refractivity contribution is 6.00. The second kappa shape index (κ2) is 7.40. The van der Waals surface area contributed by atoms with Crippen molar-refractivity contribution in [3.8, 4) is 5.75 Å². The van der Waals surface area contributed by atoms with Crippen LogP contribution in [0.2, 0.25) is 0 Å². The summed E-state index contributed by atoms with van der Waals surface area (Å²) in [7, 11) is 1.62. The molecule has 0 atom stereocenters. The van der Waals surface area contributed by atoms with Crippen molar-refractivity contribution < 1.29 is 14.6 Å². The molecule has 0 saturated carbocycles. The van der Waals surface area contributed by atoms with Gasteiger partial charge in [-0.15, -0.1) is 0 Å². The normalized spacial score (nSPS) is 10.0. The Morgan fingerprint density at radius 1 is 1.22 bits per heavy atom. The summed E-state index contributed by atoms with van der Waals surface area (Å²) in [5, 5.41) is 14.2. The molecule has 0 spiro atoms. The summed E-state index contributed by atoms with van der Waals surface area (Å²) in [6, 6.07) is 7.65. The molecule has 120 valence electrons. The third-order valence-electron chi connectivity index (χ3n) is 3.20. The molecule has 0 fully saturated rings. The van der Waals surface area contributed by atoms with Crippen LogP contribution in [0.4, 0.5) is 0 Å². The number of pyridine rings is 1. The quantitative estimate of drug-likeness (QED) is 0.800. The fourth-order valence-corrected chi connectivity index (χ4v) is 2.15. The van der Waals surface area contributed by atoms with Gasteiger partial charge in [-0.1, -0.05) is 26.0 Å². The van der Waals surface area contributed by atoms with Crippen molar-refractivity contribution in [2.24, 2.45) is 0 Å². The van der Waals surface area contributed by atoms with E-state index in [0.29, 0.717) is 17.4 Å². The molecule has 0 radical (unpaired) electrons. The van der Waals surface area contributed by atoms with Gasteiger partial charge in [0.2, 0.25) is 0 Å². The van der Waals surface area contributed by atoms with E-state index in [1.165, 1.54) is 6.20 Å². The molecule has 3 rings (SSSR count). The number of fused-ring (bicyclic) bond motifs is 1. The summed E-state index contributed by atoms with van der Waals surface area (Å²) in [5.74, 6) is -0.232. The first-order valence-corrected chi connectivity index (χ1v) is 7.35. The minimum absolute atomic E-state index is 0.112. The van der Waals surface area contributed by atoms with Gasteiger partial charge in [0.05, 0.1) is 13.7 Å². The third-order valence-corrected chi connectivity index (χ3v) is 3.20. The Bertz CT molecular complexity index is 794. The van der Waals surface area contributed by atoms with E-state index < -0.39 is 5.97 Å². The molecule has 3 aromatic rings. The number of methoxy groups -OCH3 is 1. The maximum Gasteiger partial charge on any atom is 0.339 e. The van der Waals surface area contributed by atoms with E-state index in [9.17, 15) is 4.79 Å². The number of hydrogen-bond acceptors (Lipinski definition) is 4. The monoisotopic (exact) mass is 313 g/mol. The number of rotatable bonds is 4. The number of ether oxygens (including phenoxy) is 1. The predicted octanol–water partition coefficient (Wildman–Crippen LogP) is 3.21. The SMILES string of the molecule is CC.COc1ccc(Cn2cc3cncc(C(=O)O)c3n2)cc1. The second-order valence-electron chi connectivity index (χ2n) is 4.60. The lowest BCUT2D eigenvalue weighted by Gasteiger charge is -2.03. The van der Waals surface area contributed by atoms with E-state index in [0.717, 1.165) is 11.3 Å². The third kappa shape index (κ3) is 3.66. The van der Waals surface area contributed by atoms with E-state index in [1.807, 2.05) is 38.1 Å². The van der Waals surface area contributed by atoms with Gasteiger partial charge in [0.1, 0.15) is 16.8 Å². The van der Waals surface area contributed by atoms with Gasteiger partial charge in [0.15, 0.2) is 0 Å². The lowest BCUT2D eigenvalue weighted by molar-refractivity contribution is 0.0698. The Morgan fingerprint density at radius 3 is 2.52 bits per heavy atom. The number of carbonyl (C=O) groups is 1. The van der Waals surface area contributed by atoms with Gasteiger partial charge in [-0.25, -0.2) is 4.79 Å². The minimum atomic E-state index is -1.03. The molecule has 0 aliphatic rings. The van der Waals surface area contributed by atoms with E-state index in [-0.39, 0.29) is 5.56 Å². The maximum absolute atomic E-state index is 11.1. The summed E-state index contributed by atoms with van der Waals surface area (Å²) < 4.78 is 6.82. The molecule has 0 unspecified atom stereocenters. The zero-order valence-corrected chi connectivity index (χ0v) is 13.4. The Hall–Kier alpha value is -2.89. The van der Waals surface area contributed by atoms with Crippen molar-refractivity contribution in [2.75, 3.05) is 7.11 Å². The highest BCUT2D eigenvalue weighted by atomic mass is 16.5. The molecule has 6 nitrogen and oxygen atoms in total. The summed E-state index contributed by atoms with van der Waals surface area (Å²) in [6.07, 6.45) is 4.72. The molecule has 6 heteroatoms. The van der Waals surface area contributed by atoms with E-state index in [4.69, 9.17) is 9.84 Å². The first-order chi connectivity index (χ1) is 11.2. The molecule has 1 aromatic carbocycles. The number of carboxylic acid groups (broad SMARTS) is 1. The van der Waals surface area contributed by atoms with E-state index in [2.05, 4.69) is 10.1 Å². The Kier molecular flexibility index (Phi) is 5.30. The van der Waals surface area contributed by atoms with Crippen LogP contribution in [0.1, 0.15) is 29.8 Å². The second-order valence-corrected chi connectivity index (χ2v) is 4.60. The predicted molar refractivity (Wildman–Crippen MR) is 87.9 cm³/mol. The van der Waals surface area contributed by atoms with Gasteiger partial charge in [0.25, 0.3) is 0 Å². The van der Waals surface area contributed by atoms with Crippen molar-refractivity contribution in [3.05, 3.63) is 54.0 Å². The average Bonchev–Trinajstić information content (AvgIpc) is 2.99. The van der Waals surface area contributed by atoms with Gasteiger partial charge >= 0.3 is 5.97 Å². The molecule has 2 heterocycles. The van der Waals surface area contributed by atoms with E-state index in [1.54, 1.807) is 24.2 Å². The fourth-order valence-electron chi connectivity index (χ4n) is 2.15. The van der Waals surface area contributed by atoms with Crippen LogP contribution in [0.25, 0.3) is 10.9 Å². The molecule has 1 N–H and O–H groups in total. The Labute approximate surface area is 134 Å². The molecule has 0 aliphatic carbocycles. The molecule has 0 bridgehead atoms. The van der Waals surface area contributed by atoms with Crippen LogP contribution in [-0.4, -0.2) is 33.0 Å². The lowest BCUT2D eigenvalue weighted by atomic mass is 10.2. The largest absolute Gasteiger partial charge is 0.497 e. The number of carboxylic acids is 1. The van der Waals surface area contributed by atoms with Crippen LogP contribution >= 0.6 is 0 Å². The summed E-state index contributed by atoms with van der Waals surface area (Å²) in [5.41, 5.74) is 1.61. The molecule has 23 heavy (non-hydrogen) atoms. The summed E-state index contributed by atoms with van der Waals surface area (Å²) >= 11 is 0. The zero-order chi connectivity index (χ0) is 16.8. The minimum Gasteiger partial charge on any atom is -0.497 e. The highest BCUT2D eigenvalue weighted by Gasteiger charge is 2.12. The molecular weight excluding hydrogens is 294 g/mol. The molecule has 0 amide bonds. The summed E-state index contributed by atoms with van der Waals surface area (Å²) in [4.78, 5) is 15.1. The molecule has 2 aromatic heterocycles. The average molecular weight is 313 g/mol. The van der Waals surface area contributed by atoms with Crippen molar-refractivity contribution >= 4 is 16.9 Å². The van der Waals surface area contributed by atoms with Crippen LogP contribution in [0.15, 0.2) is 42.9 Å². The van der Waals surface area contributed by atoms with E-state index >= 15 is 0 Å². The standard InChI is InChI=1S/C15H13N3O3.C2H6/c1-21-12-4-2-10(3-5-12)8-18-9-11-6-16-7-13(15(19)20)14(11)17-18;1-2/h2-7,9H,8H2,1H3,(H,19,20);1-2H3. The van der Waals surface area contributed by atoms with Crippen molar-refractivity contribution in [2.45, 2.75) is 20.4 Å². The Morgan fingerprint density at radius 2 is 1.91 bits per heavy atom. The lowest BCUT2D eigenvalue weighted by Crippen LogP contribution is -2.01. The van der Waals surface area contributed by atoms with Gasteiger partial charge in [-0.3, -0.25) is 9.67 Å². The summed E-state index contributed by atoms with van der Waals surface area (Å²) in [6.45, 7) is 4.55. The van der Waals surface area contributed by atoms with Crippen molar-refractivity contribution in [3.63, 3.8) is 0 Å². The topological polar surface area (TPSA) is 77.2 Å². The number of nitrogens with zero attached hydrogens (tertiary/aromatic N) is 3. The van der Waals surface area contributed by atoms with Crippen LogP contribution in [0.3, 0.4) is 0 Å². The maximum atomic E-state index is 11.1. The van der Waals surface area contributed by atoms with Gasteiger partial charge in [0, 0.05) is 24.0 Å². The first-order valence-electron chi connectivity index (χ1n) is 7.35. The van der Waals surface area contributed by atoms with Gasteiger partial charge < -0.3 is 9.84 Å². The fraction of sp³-hybridized carbons (Fsp3) is 0.235. The number of aromatic nitrogens is 3. The Balaban J connectivity index is 0.000000924. The zero-order valence-electron chi connectivity index (χ0n) is 13.4. The highest BCUT2D eigenvalue weighted by Crippen LogP contribution is 2.17. The molecule has 0 aliphatic heterocycles. The van der Waals surface area contributed by atoms with Crippen LogP contribution in [0.5, 0.6) is 5.75 Å². The number of hydrogen-bond donors (Lipinski definition) is 1. The van der Waals surface area contributed by atoms with Crippen LogP contribution in [-0.2, 0) is 6.54 Å². The molecule has 0 saturated heterocycles. The number of benzene rings is 1. The van der Waals surface area contributed by atoms with Crippen LogP contribution in [0, 0.1) is 0 Å². The van der Waals surface area contributed by atoms with Gasteiger partial charge in [-0.2, -0.15) is 5.10 Å². The van der Waals surface area contributed by atoms with Gasteiger partial charge in [-0.05, 0) is 17.7 Å². The number of aromatic carboxylic acids is 1. The van der Waals surface area contributed by atoms with Crippen molar-refractivity contribution in [1.82, 2.24) is 14.8 Å². The molecular formula is C17H19N3O3.